The summed E-state index contributed by atoms with van der Waals surface area (Å²) in [6.07, 6.45) is -1.48. The number of amides is 2. The molecule has 0 aliphatic heterocycles. The van der Waals surface area contributed by atoms with Crippen LogP contribution in [0.2, 0.25) is 5.02 Å². The number of pyridine rings is 1. The SMILES string of the molecule is Cc1c(Cl)c(C(=O)Nc2c(C(N)=O)sc3nc(C(F)F)cc(-c4ccco4)c23)nn1C. The molecule has 8 nitrogen and oxygen atoms in total. The number of hydrogen-bond donors (Lipinski definition) is 2. The molecule has 160 valence electrons. The molecule has 0 aliphatic rings. The van der Waals surface area contributed by atoms with E-state index in [0.29, 0.717) is 5.69 Å². The number of furan rings is 1. The number of primary amides is 1. The summed E-state index contributed by atoms with van der Waals surface area (Å²) >= 11 is 6.98. The second-order valence-corrected chi connectivity index (χ2v) is 7.93. The highest BCUT2D eigenvalue weighted by molar-refractivity contribution is 7.21. The molecule has 3 N–H and O–H groups in total. The number of rotatable bonds is 5. The minimum Gasteiger partial charge on any atom is -0.464 e. The Balaban J connectivity index is 1.95. The number of thiophene rings is 1. The van der Waals surface area contributed by atoms with Gasteiger partial charge in [-0.1, -0.05) is 11.6 Å². The Morgan fingerprint density at radius 2 is 2.13 bits per heavy atom. The number of hydrogen-bond acceptors (Lipinski definition) is 6. The summed E-state index contributed by atoms with van der Waals surface area (Å²) in [5.41, 5.74) is 5.75. The van der Waals surface area contributed by atoms with Gasteiger partial charge in [0.25, 0.3) is 18.2 Å². The third kappa shape index (κ3) is 3.55. The minimum absolute atomic E-state index is 0.0246. The van der Waals surface area contributed by atoms with E-state index in [-0.39, 0.29) is 42.8 Å². The first-order valence-electron chi connectivity index (χ1n) is 8.78. The Morgan fingerprint density at radius 1 is 1.39 bits per heavy atom. The van der Waals surface area contributed by atoms with Gasteiger partial charge in [0.05, 0.1) is 22.7 Å². The highest BCUT2D eigenvalue weighted by Crippen LogP contribution is 2.42. The van der Waals surface area contributed by atoms with Crippen LogP contribution in [-0.2, 0) is 7.05 Å². The van der Waals surface area contributed by atoms with Crippen LogP contribution >= 0.6 is 22.9 Å². The van der Waals surface area contributed by atoms with Gasteiger partial charge in [0, 0.05) is 18.0 Å². The summed E-state index contributed by atoms with van der Waals surface area (Å²) < 4.78 is 33.7. The second-order valence-electron chi connectivity index (χ2n) is 6.55. The number of aromatic nitrogens is 3. The first-order chi connectivity index (χ1) is 14.7. The number of fused-ring (bicyclic) bond motifs is 1. The van der Waals surface area contributed by atoms with Crippen LogP contribution in [0, 0.1) is 6.92 Å². The van der Waals surface area contributed by atoms with Crippen LogP contribution in [-0.4, -0.2) is 26.6 Å². The van der Waals surface area contributed by atoms with E-state index in [1.54, 1.807) is 26.1 Å². The van der Waals surface area contributed by atoms with Gasteiger partial charge in [0.1, 0.15) is 21.2 Å². The maximum absolute atomic E-state index is 13.4. The molecular weight excluding hydrogens is 452 g/mol. The predicted molar refractivity (Wildman–Crippen MR) is 112 cm³/mol. The molecule has 0 bridgehead atoms. The number of nitrogens with one attached hydrogen (secondary N) is 1. The van der Waals surface area contributed by atoms with E-state index in [2.05, 4.69) is 15.4 Å². The summed E-state index contributed by atoms with van der Waals surface area (Å²) in [6, 6.07) is 4.30. The molecule has 4 aromatic heterocycles. The molecular formula is C19H14ClF2N5O3S. The lowest BCUT2D eigenvalue weighted by atomic mass is 10.1. The van der Waals surface area contributed by atoms with E-state index in [4.69, 9.17) is 21.8 Å². The first-order valence-corrected chi connectivity index (χ1v) is 9.98. The molecule has 0 aromatic carbocycles. The Bertz CT molecular complexity index is 1330. The maximum atomic E-state index is 13.4. The van der Waals surface area contributed by atoms with Crippen molar-refractivity contribution in [2.24, 2.45) is 12.8 Å². The summed E-state index contributed by atoms with van der Waals surface area (Å²) in [6.45, 7) is 1.69. The van der Waals surface area contributed by atoms with Gasteiger partial charge in [0.2, 0.25) is 0 Å². The number of nitrogens with two attached hydrogens (primary N) is 1. The molecule has 12 heteroatoms. The first kappa shape index (κ1) is 20.9. The molecule has 0 unspecified atom stereocenters. The number of nitrogens with zero attached hydrogens (tertiary/aromatic N) is 3. The standard InChI is InChI=1S/C19H14ClF2N5O3S/c1-7-12(20)14(26-27(7)2)18(29)25-13-11-8(10-4-3-5-30-10)6-9(16(21)22)24-19(11)31-15(13)17(23)28/h3-6,16H,1-2H3,(H2,23,28)(H,25,29). The van der Waals surface area contributed by atoms with Crippen LogP contribution in [0.5, 0.6) is 0 Å². The summed E-state index contributed by atoms with van der Waals surface area (Å²) in [5, 5.41) is 7.07. The van der Waals surface area contributed by atoms with E-state index >= 15 is 0 Å². The Morgan fingerprint density at radius 3 is 2.68 bits per heavy atom. The number of halogens is 3. The van der Waals surface area contributed by atoms with E-state index in [1.165, 1.54) is 10.9 Å². The number of carbonyl (C=O) groups excluding carboxylic acids is 2. The normalized spacial score (nSPS) is 11.4. The molecule has 0 atom stereocenters. The van der Waals surface area contributed by atoms with Gasteiger partial charge in [-0.2, -0.15) is 5.10 Å². The fourth-order valence-electron chi connectivity index (χ4n) is 3.05. The average Bonchev–Trinajstić information content (AvgIpc) is 3.43. The van der Waals surface area contributed by atoms with Crippen molar-refractivity contribution in [2.75, 3.05) is 5.32 Å². The zero-order valence-corrected chi connectivity index (χ0v) is 17.6. The maximum Gasteiger partial charge on any atom is 0.280 e. The lowest BCUT2D eigenvalue weighted by Gasteiger charge is -2.09. The van der Waals surface area contributed by atoms with Crippen molar-refractivity contribution in [3.05, 3.63) is 51.4 Å². The van der Waals surface area contributed by atoms with E-state index in [1.807, 2.05) is 0 Å². The monoisotopic (exact) mass is 465 g/mol. The van der Waals surface area contributed by atoms with E-state index in [0.717, 1.165) is 17.4 Å². The van der Waals surface area contributed by atoms with Gasteiger partial charge in [0.15, 0.2) is 5.69 Å². The van der Waals surface area contributed by atoms with Crippen molar-refractivity contribution in [3.63, 3.8) is 0 Å². The predicted octanol–water partition coefficient (Wildman–Crippen LogP) is 4.54. The van der Waals surface area contributed by atoms with Crippen LogP contribution in [0.25, 0.3) is 21.5 Å². The molecule has 4 rings (SSSR count). The fraction of sp³-hybridized carbons (Fsp3) is 0.158. The van der Waals surface area contributed by atoms with Gasteiger partial charge in [-0.15, -0.1) is 11.3 Å². The van der Waals surface area contributed by atoms with Crippen molar-refractivity contribution in [1.82, 2.24) is 14.8 Å². The quantitative estimate of drug-likeness (QED) is 0.449. The van der Waals surface area contributed by atoms with Gasteiger partial charge < -0.3 is 15.5 Å². The molecule has 0 saturated carbocycles. The Kier molecular flexibility index (Phi) is 5.23. The second kappa shape index (κ2) is 7.75. The Labute approximate surface area is 182 Å². The molecule has 0 radical (unpaired) electrons. The van der Waals surface area contributed by atoms with E-state index < -0.39 is 23.9 Å². The molecule has 2 amide bonds. The molecule has 4 aromatic rings. The summed E-state index contributed by atoms with van der Waals surface area (Å²) in [4.78, 5) is 29.0. The molecule has 0 spiro atoms. The van der Waals surface area contributed by atoms with Gasteiger partial charge in [-0.05, 0) is 25.1 Å². The number of aryl methyl sites for hydroxylation is 1. The lowest BCUT2D eigenvalue weighted by molar-refractivity contribution is 0.100. The van der Waals surface area contributed by atoms with Gasteiger partial charge in [-0.3, -0.25) is 14.3 Å². The van der Waals surface area contributed by atoms with E-state index in [9.17, 15) is 18.4 Å². The van der Waals surface area contributed by atoms with Gasteiger partial charge in [-0.25, -0.2) is 13.8 Å². The third-order valence-corrected chi connectivity index (χ3v) is 6.18. The highest BCUT2D eigenvalue weighted by atomic mass is 35.5. The van der Waals surface area contributed by atoms with Crippen LogP contribution in [0.3, 0.4) is 0 Å². The number of anilines is 1. The highest BCUT2D eigenvalue weighted by Gasteiger charge is 2.27. The van der Waals surface area contributed by atoms with Crippen molar-refractivity contribution < 1.29 is 22.8 Å². The molecule has 31 heavy (non-hydrogen) atoms. The Hall–Kier alpha value is -3.31. The average molecular weight is 466 g/mol. The zero-order chi connectivity index (χ0) is 22.4. The molecule has 0 aliphatic carbocycles. The topological polar surface area (TPSA) is 116 Å². The summed E-state index contributed by atoms with van der Waals surface area (Å²) in [7, 11) is 1.62. The van der Waals surface area contributed by atoms with Crippen molar-refractivity contribution >= 4 is 50.7 Å². The van der Waals surface area contributed by atoms with Crippen molar-refractivity contribution in [2.45, 2.75) is 13.3 Å². The fourth-order valence-corrected chi connectivity index (χ4v) is 4.31. The summed E-state index contributed by atoms with van der Waals surface area (Å²) in [5.74, 6) is -1.30. The molecule has 4 heterocycles. The molecule has 0 saturated heterocycles. The van der Waals surface area contributed by atoms with Crippen LogP contribution in [0.1, 0.15) is 38.0 Å². The smallest absolute Gasteiger partial charge is 0.280 e. The van der Waals surface area contributed by atoms with Crippen LogP contribution in [0.4, 0.5) is 14.5 Å². The van der Waals surface area contributed by atoms with Gasteiger partial charge >= 0.3 is 0 Å². The zero-order valence-electron chi connectivity index (χ0n) is 16.1. The number of carbonyl (C=O) groups is 2. The van der Waals surface area contributed by atoms with Crippen molar-refractivity contribution in [1.29, 1.82) is 0 Å². The van der Waals surface area contributed by atoms with Crippen LogP contribution in [0.15, 0.2) is 28.9 Å². The minimum atomic E-state index is -2.86. The lowest BCUT2D eigenvalue weighted by Crippen LogP contribution is -2.17. The van der Waals surface area contributed by atoms with Crippen LogP contribution < -0.4 is 11.1 Å². The van der Waals surface area contributed by atoms with Crippen molar-refractivity contribution in [3.8, 4) is 11.3 Å². The molecule has 0 fully saturated rings. The third-order valence-electron chi connectivity index (χ3n) is 4.63. The number of alkyl halides is 2. The largest absolute Gasteiger partial charge is 0.464 e.